The van der Waals surface area contributed by atoms with Crippen LogP contribution in [0.5, 0.6) is 0 Å². The molecule has 6 nitrogen and oxygen atoms in total. The van der Waals surface area contributed by atoms with Gasteiger partial charge >= 0.3 is 0 Å². The van der Waals surface area contributed by atoms with E-state index in [0.717, 1.165) is 22.4 Å². The van der Waals surface area contributed by atoms with Crippen molar-refractivity contribution in [1.82, 2.24) is 25.3 Å². The van der Waals surface area contributed by atoms with E-state index in [1.54, 1.807) is 23.3 Å². The molecule has 0 bridgehead atoms. The number of amides is 1. The van der Waals surface area contributed by atoms with Gasteiger partial charge in [-0.1, -0.05) is 59.8 Å². The van der Waals surface area contributed by atoms with E-state index in [1.807, 2.05) is 54.6 Å². The number of carbonyl (C=O) groups excluding carboxylic acids is 1. The lowest BCUT2D eigenvalue weighted by molar-refractivity contribution is -0.120. The lowest BCUT2D eigenvalue weighted by atomic mass is 10.0. The summed E-state index contributed by atoms with van der Waals surface area (Å²) in [6.45, 7) is 0.335. The summed E-state index contributed by atoms with van der Waals surface area (Å²) >= 11 is 0. The molecule has 0 aliphatic heterocycles. The summed E-state index contributed by atoms with van der Waals surface area (Å²) in [6, 6.07) is 21.9. The number of nitrogens with zero attached hydrogens (tertiary/aromatic N) is 4. The summed E-state index contributed by atoms with van der Waals surface area (Å²) in [5, 5.41) is 11.0. The van der Waals surface area contributed by atoms with Gasteiger partial charge in [0.05, 0.1) is 31.0 Å². The first-order valence-corrected chi connectivity index (χ1v) is 9.00. The fourth-order valence-corrected chi connectivity index (χ4v) is 2.88. The summed E-state index contributed by atoms with van der Waals surface area (Å²) in [7, 11) is 0. The van der Waals surface area contributed by atoms with Crippen molar-refractivity contribution in [2.45, 2.75) is 13.0 Å². The molecule has 0 fully saturated rings. The molecule has 138 valence electrons. The van der Waals surface area contributed by atoms with Crippen LogP contribution in [0.25, 0.3) is 16.8 Å². The summed E-state index contributed by atoms with van der Waals surface area (Å²) < 4.78 is 1.64. The Balaban J connectivity index is 1.32. The van der Waals surface area contributed by atoms with Gasteiger partial charge in [-0.25, -0.2) is 4.68 Å². The van der Waals surface area contributed by atoms with Crippen molar-refractivity contribution in [3.8, 4) is 16.8 Å². The first-order chi connectivity index (χ1) is 13.8. The van der Waals surface area contributed by atoms with Crippen LogP contribution in [0.4, 0.5) is 0 Å². The van der Waals surface area contributed by atoms with Gasteiger partial charge < -0.3 is 5.32 Å². The fourth-order valence-electron chi connectivity index (χ4n) is 2.88. The number of benzene rings is 2. The second-order valence-corrected chi connectivity index (χ2v) is 6.38. The molecule has 0 aliphatic carbocycles. The zero-order valence-electron chi connectivity index (χ0n) is 15.2. The molecule has 0 atom stereocenters. The number of rotatable bonds is 6. The average molecular weight is 369 g/mol. The van der Waals surface area contributed by atoms with Gasteiger partial charge in [-0.15, -0.1) is 5.10 Å². The molecule has 0 saturated heterocycles. The van der Waals surface area contributed by atoms with Gasteiger partial charge in [-0.05, 0) is 28.8 Å². The average Bonchev–Trinajstić information content (AvgIpc) is 3.23. The molecule has 2 aromatic carbocycles. The number of carbonyl (C=O) groups is 1. The van der Waals surface area contributed by atoms with Gasteiger partial charge in [0.15, 0.2) is 0 Å². The van der Waals surface area contributed by atoms with E-state index in [0.29, 0.717) is 18.7 Å². The fraction of sp³-hybridized carbons (Fsp3) is 0.0909. The summed E-state index contributed by atoms with van der Waals surface area (Å²) in [4.78, 5) is 16.3. The minimum absolute atomic E-state index is 0.0524. The van der Waals surface area contributed by atoms with Crippen molar-refractivity contribution in [3.63, 3.8) is 0 Å². The zero-order chi connectivity index (χ0) is 19.2. The quantitative estimate of drug-likeness (QED) is 0.566. The Hall–Kier alpha value is -3.80. The highest BCUT2D eigenvalue weighted by Crippen LogP contribution is 2.19. The normalized spacial score (nSPS) is 10.6. The lowest BCUT2D eigenvalue weighted by Crippen LogP contribution is -2.24. The second kappa shape index (κ2) is 8.26. The number of nitrogens with one attached hydrogen (secondary N) is 1. The van der Waals surface area contributed by atoms with Crippen molar-refractivity contribution in [2.24, 2.45) is 0 Å². The topological polar surface area (TPSA) is 72.7 Å². The van der Waals surface area contributed by atoms with Crippen LogP contribution in [0.1, 0.15) is 11.3 Å². The predicted octanol–water partition coefficient (Wildman–Crippen LogP) is 3.19. The summed E-state index contributed by atoms with van der Waals surface area (Å²) in [5.74, 6) is -0.0524. The Morgan fingerprint density at radius 2 is 1.71 bits per heavy atom. The Kier molecular flexibility index (Phi) is 5.20. The molecule has 4 aromatic rings. The summed E-state index contributed by atoms with van der Waals surface area (Å²) in [5.41, 5.74) is 4.78. The third kappa shape index (κ3) is 4.29. The van der Waals surface area contributed by atoms with E-state index in [2.05, 4.69) is 32.7 Å². The van der Waals surface area contributed by atoms with E-state index in [1.165, 1.54) is 0 Å². The van der Waals surface area contributed by atoms with Crippen LogP contribution in [0.3, 0.4) is 0 Å². The molecular formula is C22H19N5O. The van der Waals surface area contributed by atoms with Crippen molar-refractivity contribution < 1.29 is 4.79 Å². The maximum atomic E-state index is 12.2. The minimum atomic E-state index is -0.0524. The molecule has 4 rings (SSSR count). The zero-order valence-corrected chi connectivity index (χ0v) is 15.2. The lowest BCUT2D eigenvalue weighted by Gasteiger charge is -2.05. The molecule has 2 aromatic heterocycles. The molecule has 0 spiro atoms. The molecule has 2 heterocycles. The third-order valence-electron chi connectivity index (χ3n) is 4.34. The molecule has 0 aliphatic rings. The Morgan fingerprint density at radius 1 is 0.929 bits per heavy atom. The van der Waals surface area contributed by atoms with Gasteiger partial charge in [-0.3, -0.25) is 9.78 Å². The van der Waals surface area contributed by atoms with Crippen LogP contribution < -0.4 is 5.32 Å². The Labute approximate surface area is 162 Å². The van der Waals surface area contributed by atoms with E-state index < -0.39 is 0 Å². The van der Waals surface area contributed by atoms with E-state index in [9.17, 15) is 4.79 Å². The van der Waals surface area contributed by atoms with Gasteiger partial charge in [-0.2, -0.15) is 0 Å². The number of hydrogen-bond donors (Lipinski definition) is 1. The number of aromatic nitrogens is 4. The monoisotopic (exact) mass is 369 g/mol. The smallest absolute Gasteiger partial charge is 0.224 e. The molecule has 0 unspecified atom stereocenters. The Bertz CT molecular complexity index is 1040. The number of hydrogen-bond acceptors (Lipinski definition) is 4. The molecule has 1 amide bonds. The highest BCUT2D eigenvalue weighted by atomic mass is 16.1. The molecule has 0 saturated carbocycles. The van der Waals surface area contributed by atoms with Crippen molar-refractivity contribution in [1.29, 1.82) is 0 Å². The third-order valence-corrected chi connectivity index (χ3v) is 4.34. The van der Waals surface area contributed by atoms with Crippen molar-refractivity contribution in [3.05, 3.63) is 96.6 Å². The van der Waals surface area contributed by atoms with Crippen LogP contribution in [0.15, 0.2) is 85.3 Å². The van der Waals surface area contributed by atoms with Crippen molar-refractivity contribution in [2.75, 3.05) is 0 Å². The molecule has 1 N–H and O–H groups in total. The van der Waals surface area contributed by atoms with Crippen molar-refractivity contribution >= 4 is 5.91 Å². The Morgan fingerprint density at radius 3 is 2.46 bits per heavy atom. The van der Waals surface area contributed by atoms with E-state index in [4.69, 9.17) is 0 Å². The van der Waals surface area contributed by atoms with Crippen LogP contribution in [0.2, 0.25) is 0 Å². The first kappa shape index (κ1) is 17.6. The summed E-state index contributed by atoms with van der Waals surface area (Å²) in [6.07, 6.45) is 5.52. The molecule has 6 heteroatoms. The largest absolute Gasteiger partial charge is 0.350 e. The van der Waals surface area contributed by atoms with Gasteiger partial charge in [0.1, 0.15) is 5.69 Å². The SMILES string of the molecule is O=C(Cc1ccc(-c2ccccc2)cc1)NCc1cn(-c2cccnc2)nn1. The predicted molar refractivity (Wildman–Crippen MR) is 107 cm³/mol. The van der Waals surface area contributed by atoms with Gasteiger partial charge in [0.25, 0.3) is 0 Å². The number of pyridine rings is 1. The first-order valence-electron chi connectivity index (χ1n) is 9.00. The van der Waals surface area contributed by atoms with Crippen LogP contribution in [-0.2, 0) is 17.8 Å². The second-order valence-electron chi connectivity index (χ2n) is 6.38. The van der Waals surface area contributed by atoms with Crippen LogP contribution in [0, 0.1) is 0 Å². The van der Waals surface area contributed by atoms with E-state index >= 15 is 0 Å². The molecule has 0 radical (unpaired) electrons. The van der Waals surface area contributed by atoms with Gasteiger partial charge in [0.2, 0.25) is 5.91 Å². The highest BCUT2D eigenvalue weighted by Gasteiger charge is 2.07. The van der Waals surface area contributed by atoms with Crippen LogP contribution in [-0.4, -0.2) is 25.9 Å². The highest BCUT2D eigenvalue weighted by molar-refractivity contribution is 5.78. The van der Waals surface area contributed by atoms with Gasteiger partial charge in [0, 0.05) is 6.20 Å². The standard InChI is InChI=1S/C22H19N5O/c28-22(13-17-8-10-19(11-9-17)18-5-2-1-3-6-18)24-14-20-16-27(26-25-20)21-7-4-12-23-15-21/h1-12,15-16H,13-14H2,(H,24,28). The molecular weight excluding hydrogens is 350 g/mol. The molecule has 28 heavy (non-hydrogen) atoms. The minimum Gasteiger partial charge on any atom is -0.350 e. The van der Waals surface area contributed by atoms with E-state index in [-0.39, 0.29) is 5.91 Å². The van der Waals surface area contributed by atoms with Crippen LogP contribution >= 0.6 is 0 Å². The maximum absolute atomic E-state index is 12.2. The maximum Gasteiger partial charge on any atom is 0.224 e.